The zero-order valence-corrected chi connectivity index (χ0v) is 7.10. The van der Waals surface area contributed by atoms with E-state index >= 15 is 0 Å². The van der Waals surface area contributed by atoms with Crippen molar-refractivity contribution < 1.29 is 0 Å². The molecule has 0 unspecified atom stereocenters. The van der Waals surface area contributed by atoms with E-state index in [9.17, 15) is 0 Å². The van der Waals surface area contributed by atoms with Crippen LogP contribution in [0.5, 0.6) is 0 Å². The van der Waals surface area contributed by atoms with Crippen LogP contribution in [-0.4, -0.2) is 22.1 Å². The molecule has 0 aromatic heterocycles. The normalized spacial score (nSPS) is 18.3. The van der Waals surface area contributed by atoms with Gasteiger partial charge in [-0.05, 0) is 32.9 Å². The molecule has 0 fully saturated rings. The second-order valence-corrected chi connectivity index (χ2v) is 3.61. The Balaban J connectivity index is 2.91. The lowest BCUT2D eigenvalue weighted by Crippen LogP contribution is -2.44. The van der Waals surface area contributed by atoms with Gasteiger partial charge in [0.2, 0.25) is 0 Å². The predicted octanol–water partition coefficient (Wildman–Crippen LogP) is 1.61. The maximum atomic E-state index is 7.49. The quantitative estimate of drug-likeness (QED) is 0.543. The summed E-state index contributed by atoms with van der Waals surface area (Å²) in [4.78, 5) is 1.69. The van der Waals surface area contributed by atoms with Gasteiger partial charge < -0.3 is 4.90 Å². The summed E-state index contributed by atoms with van der Waals surface area (Å²) in [6, 6.07) is 0. The van der Waals surface area contributed by atoms with Gasteiger partial charge in [0.05, 0.1) is 0 Å². The molecule has 0 spiro atoms. The molecule has 60 valence electrons. The highest BCUT2D eigenvalue weighted by Crippen LogP contribution is 2.18. The zero-order valence-electron chi connectivity index (χ0n) is 7.10. The minimum atomic E-state index is -0.155. The molecule has 0 atom stereocenters. The molecular weight excluding hydrogens is 138 g/mol. The van der Waals surface area contributed by atoms with Crippen molar-refractivity contribution in [1.82, 2.24) is 4.90 Å². The lowest BCUT2D eigenvalue weighted by Gasteiger charge is -2.32. The molecule has 0 saturated carbocycles. The summed E-state index contributed by atoms with van der Waals surface area (Å²) in [6.07, 6.45) is 3.29. The van der Waals surface area contributed by atoms with Crippen molar-refractivity contribution in [3.8, 4) is 0 Å². The summed E-state index contributed by atoms with van der Waals surface area (Å²) in [5.74, 6) is 0.810. The molecule has 0 saturated heterocycles. The molecular formula is C8H13N3. The minimum Gasteiger partial charge on any atom is -0.307 e. The monoisotopic (exact) mass is 151 g/mol. The van der Waals surface area contributed by atoms with Crippen molar-refractivity contribution in [1.29, 1.82) is 10.8 Å². The van der Waals surface area contributed by atoms with Gasteiger partial charge in [0.1, 0.15) is 11.7 Å². The van der Waals surface area contributed by atoms with E-state index in [0.29, 0.717) is 11.7 Å². The third kappa shape index (κ3) is 1.31. The molecule has 0 bridgehead atoms. The van der Waals surface area contributed by atoms with Gasteiger partial charge in [-0.2, -0.15) is 0 Å². The molecule has 0 radical (unpaired) electrons. The van der Waals surface area contributed by atoms with Crippen LogP contribution in [0.25, 0.3) is 0 Å². The van der Waals surface area contributed by atoms with Crippen molar-refractivity contribution in [3.05, 3.63) is 12.2 Å². The predicted molar refractivity (Wildman–Crippen MR) is 46.2 cm³/mol. The average Bonchev–Trinajstić information content (AvgIpc) is 2.08. The Labute approximate surface area is 66.7 Å². The SMILES string of the molecule is CC(C)(C)N1C(=N)C=CC1=N. The van der Waals surface area contributed by atoms with Crippen LogP contribution in [0.2, 0.25) is 0 Å². The number of nitrogens with one attached hydrogen (secondary N) is 2. The molecule has 0 aromatic rings. The van der Waals surface area contributed by atoms with Crippen LogP contribution < -0.4 is 0 Å². The summed E-state index contributed by atoms with van der Waals surface area (Å²) >= 11 is 0. The first kappa shape index (κ1) is 7.98. The molecule has 1 aliphatic rings. The van der Waals surface area contributed by atoms with E-state index in [4.69, 9.17) is 10.8 Å². The molecule has 1 aliphatic heterocycles. The van der Waals surface area contributed by atoms with Crippen LogP contribution in [0, 0.1) is 10.8 Å². The standard InChI is InChI=1S/C8H13N3/c1-8(2,3)11-6(9)4-5-7(11)10/h4-5,9-10H,1-3H3. The minimum absolute atomic E-state index is 0.155. The van der Waals surface area contributed by atoms with Crippen LogP contribution >= 0.6 is 0 Å². The summed E-state index contributed by atoms with van der Waals surface area (Å²) in [6.45, 7) is 5.97. The lowest BCUT2D eigenvalue weighted by atomic mass is 10.1. The van der Waals surface area contributed by atoms with Gasteiger partial charge in [0.25, 0.3) is 0 Å². The first-order valence-electron chi connectivity index (χ1n) is 3.58. The maximum Gasteiger partial charge on any atom is 0.126 e. The Bertz CT molecular complexity index is 214. The summed E-state index contributed by atoms with van der Waals surface area (Å²) in [5.41, 5.74) is -0.155. The maximum absolute atomic E-state index is 7.49. The van der Waals surface area contributed by atoms with Crippen LogP contribution in [0.1, 0.15) is 20.8 Å². The highest BCUT2D eigenvalue weighted by atomic mass is 15.3. The largest absolute Gasteiger partial charge is 0.307 e. The Morgan fingerprint density at radius 3 is 1.64 bits per heavy atom. The molecule has 1 rings (SSSR count). The smallest absolute Gasteiger partial charge is 0.126 e. The van der Waals surface area contributed by atoms with E-state index in [1.807, 2.05) is 20.8 Å². The lowest BCUT2D eigenvalue weighted by molar-refractivity contribution is 0.345. The second-order valence-electron chi connectivity index (χ2n) is 3.61. The number of hydrogen-bond donors (Lipinski definition) is 2. The molecule has 0 aliphatic carbocycles. The van der Waals surface area contributed by atoms with Crippen molar-refractivity contribution >= 4 is 11.7 Å². The van der Waals surface area contributed by atoms with Gasteiger partial charge in [-0.1, -0.05) is 0 Å². The van der Waals surface area contributed by atoms with Gasteiger partial charge in [-0.15, -0.1) is 0 Å². The molecule has 1 heterocycles. The first-order chi connectivity index (χ1) is 4.93. The average molecular weight is 151 g/mol. The van der Waals surface area contributed by atoms with Gasteiger partial charge in [-0.3, -0.25) is 10.8 Å². The Kier molecular flexibility index (Phi) is 1.59. The Hall–Kier alpha value is -1.12. The summed E-state index contributed by atoms with van der Waals surface area (Å²) in [7, 11) is 0. The second kappa shape index (κ2) is 2.19. The van der Waals surface area contributed by atoms with Gasteiger partial charge in [0, 0.05) is 5.54 Å². The number of amidine groups is 2. The Morgan fingerprint density at radius 1 is 1.09 bits per heavy atom. The van der Waals surface area contributed by atoms with E-state index < -0.39 is 0 Å². The third-order valence-electron chi connectivity index (χ3n) is 1.55. The topological polar surface area (TPSA) is 50.9 Å². The highest BCUT2D eigenvalue weighted by molar-refractivity contribution is 6.15. The van der Waals surface area contributed by atoms with E-state index in [0.717, 1.165) is 0 Å². The van der Waals surface area contributed by atoms with E-state index in [-0.39, 0.29) is 5.54 Å². The molecule has 0 aromatic carbocycles. The van der Waals surface area contributed by atoms with Gasteiger partial charge in [0.15, 0.2) is 0 Å². The van der Waals surface area contributed by atoms with Crippen molar-refractivity contribution in [3.63, 3.8) is 0 Å². The fourth-order valence-electron chi connectivity index (χ4n) is 1.16. The highest BCUT2D eigenvalue weighted by Gasteiger charge is 2.28. The fraction of sp³-hybridized carbons (Fsp3) is 0.500. The number of hydrogen-bond acceptors (Lipinski definition) is 2. The van der Waals surface area contributed by atoms with E-state index in [2.05, 4.69) is 0 Å². The summed E-state index contributed by atoms with van der Waals surface area (Å²) in [5, 5.41) is 15.0. The van der Waals surface area contributed by atoms with Crippen molar-refractivity contribution in [2.45, 2.75) is 26.3 Å². The molecule has 0 amide bonds. The van der Waals surface area contributed by atoms with Crippen LogP contribution in [0.4, 0.5) is 0 Å². The van der Waals surface area contributed by atoms with E-state index in [1.54, 1.807) is 17.1 Å². The zero-order chi connectivity index (χ0) is 8.65. The Morgan fingerprint density at radius 2 is 1.45 bits per heavy atom. The van der Waals surface area contributed by atoms with Crippen LogP contribution in [0.15, 0.2) is 12.2 Å². The van der Waals surface area contributed by atoms with Crippen molar-refractivity contribution in [2.24, 2.45) is 0 Å². The third-order valence-corrected chi connectivity index (χ3v) is 1.55. The fourth-order valence-corrected chi connectivity index (χ4v) is 1.16. The number of rotatable bonds is 0. The van der Waals surface area contributed by atoms with Crippen molar-refractivity contribution in [2.75, 3.05) is 0 Å². The van der Waals surface area contributed by atoms with Crippen LogP contribution in [0.3, 0.4) is 0 Å². The van der Waals surface area contributed by atoms with Gasteiger partial charge >= 0.3 is 0 Å². The first-order valence-corrected chi connectivity index (χ1v) is 3.58. The van der Waals surface area contributed by atoms with Gasteiger partial charge in [-0.25, -0.2) is 0 Å². The molecule has 11 heavy (non-hydrogen) atoms. The molecule has 3 nitrogen and oxygen atoms in total. The van der Waals surface area contributed by atoms with E-state index in [1.165, 1.54) is 0 Å². The summed E-state index contributed by atoms with van der Waals surface area (Å²) < 4.78 is 0. The molecule has 2 N–H and O–H groups in total. The molecule has 3 heteroatoms. The van der Waals surface area contributed by atoms with Crippen LogP contribution in [-0.2, 0) is 0 Å². The number of nitrogens with zero attached hydrogens (tertiary/aromatic N) is 1.